The van der Waals surface area contributed by atoms with Gasteiger partial charge in [0.05, 0.1) is 23.0 Å². The maximum Gasteiger partial charge on any atom is 0.416 e. The van der Waals surface area contributed by atoms with E-state index in [1.807, 2.05) is 0 Å². The summed E-state index contributed by atoms with van der Waals surface area (Å²) in [4.78, 5) is 25.6. The number of hydrogen-bond donors (Lipinski definition) is 0. The molecule has 3 rings (SSSR count). The Bertz CT molecular complexity index is 1100. The molecule has 0 bridgehead atoms. The van der Waals surface area contributed by atoms with Crippen LogP contribution in [0.3, 0.4) is 0 Å². The second-order valence-corrected chi connectivity index (χ2v) is 6.56. The highest BCUT2D eigenvalue weighted by Gasteiger charge is 2.33. The number of aryl methyl sites for hydroxylation is 1. The summed E-state index contributed by atoms with van der Waals surface area (Å²) < 4.78 is 42.4. The van der Waals surface area contributed by atoms with Crippen molar-refractivity contribution in [2.24, 2.45) is 0 Å². The second-order valence-electron chi connectivity index (χ2n) is 5.71. The van der Waals surface area contributed by atoms with Crippen LogP contribution in [0.4, 0.5) is 13.2 Å². The van der Waals surface area contributed by atoms with Crippen LogP contribution in [0, 0.1) is 0 Å². The lowest BCUT2D eigenvalue weighted by Crippen LogP contribution is -2.40. The largest absolute Gasteiger partial charge is 0.416 e. The number of nitrogens with zero attached hydrogens (tertiary/aromatic N) is 2. The molecule has 1 aromatic heterocycles. The van der Waals surface area contributed by atoms with Crippen molar-refractivity contribution < 1.29 is 13.2 Å². The summed E-state index contributed by atoms with van der Waals surface area (Å²) in [5, 5.41) is 0.262. The summed E-state index contributed by atoms with van der Waals surface area (Å²) >= 11 is 3.29. The van der Waals surface area contributed by atoms with Crippen molar-refractivity contribution in [3.63, 3.8) is 0 Å². The van der Waals surface area contributed by atoms with Crippen LogP contribution in [0.15, 0.2) is 56.5 Å². The number of rotatable bonds is 3. The Balaban J connectivity index is 2.30. The van der Waals surface area contributed by atoms with Gasteiger partial charge in [0.15, 0.2) is 0 Å². The molecule has 1 heterocycles. The van der Waals surface area contributed by atoms with Crippen LogP contribution in [-0.4, -0.2) is 9.13 Å². The molecule has 0 radical (unpaired) electrons. The lowest BCUT2D eigenvalue weighted by molar-refractivity contribution is -0.138. The molecule has 0 aliphatic rings. The van der Waals surface area contributed by atoms with E-state index >= 15 is 0 Å². The molecule has 0 aliphatic carbocycles. The van der Waals surface area contributed by atoms with Crippen LogP contribution in [-0.2, 0) is 19.3 Å². The van der Waals surface area contributed by atoms with Crippen LogP contribution < -0.4 is 11.2 Å². The van der Waals surface area contributed by atoms with Gasteiger partial charge in [-0.15, -0.1) is 0 Å². The predicted octanol–water partition coefficient (Wildman–Crippen LogP) is 4.01. The Kier molecular flexibility index (Phi) is 4.79. The van der Waals surface area contributed by atoms with Gasteiger partial charge in [0.1, 0.15) is 0 Å². The van der Waals surface area contributed by atoms with Crippen LogP contribution in [0.1, 0.15) is 18.1 Å². The SMILES string of the molecule is CCn1c(=O)n(Cc2ccccc2C(F)(F)F)c(=O)c2c(Br)cccc21. The third-order valence-corrected chi connectivity index (χ3v) is 4.83. The Labute approximate surface area is 154 Å². The molecule has 0 N–H and O–H groups in total. The first-order chi connectivity index (χ1) is 12.3. The fraction of sp³-hybridized carbons (Fsp3) is 0.222. The zero-order chi connectivity index (χ0) is 19.1. The van der Waals surface area contributed by atoms with E-state index in [0.717, 1.165) is 10.6 Å². The normalized spacial score (nSPS) is 11.9. The van der Waals surface area contributed by atoms with Crippen molar-refractivity contribution in [2.45, 2.75) is 26.2 Å². The van der Waals surface area contributed by atoms with E-state index in [2.05, 4.69) is 15.9 Å². The summed E-state index contributed by atoms with van der Waals surface area (Å²) in [6.07, 6.45) is -4.57. The Morgan fingerprint density at radius 1 is 1.00 bits per heavy atom. The fourth-order valence-corrected chi connectivity index (χ4v) is 3.50. The minimum Gasteiger partial charge on any atom is -0.293 e. The van der Waals surface area contributed by atoms with Crippen molar-refractivity contribution in [3.05, 3.63) is 78.9 Å². The maximum atomic E-state index is 13.2. The van der Waals surface area contributed by atoms with Gasteiger partial charge in [0, 0.05) is 11.0 Å². The zero-order valence-corrected chi connectivity index (χ0v) is 15.3. The van der Waals surface area contributed by atoms with Gasteiger partial charge in [0.2, 0.25) is 0 Å². The molecule has 8 heteroatoms. The minimum atomic E-state index is -4.57. The van der Waals surface area contributed by atoms with Crippen molar-refractivity contribution in [3.8, 4) is 0 Å². The molecule has 3 aromatic rings. The predicted molar refractivity (Wildman–Crippen MR) is 96.4 cm³/mol. The molecule has 26 heavy (non-hydrogen) atoms. The number of fused-ring (bicyclic) bond motifs is 1. The van der Waals surface area contributed by atoms with Crippen LogP contribution in [0.25, 0.3) is 10.9 Å². The fourth-order valence-electron chi connectivity index (χ4n) is 2.97. The smallest absolute Gasteiger partial charge is 0.293 e. The number of aromatic nitrogens is 2. The van der Waals surface area contributed by atoms with E-state index in [1.165, 1.54) is 22.8 Å². The first-order valence-corrected chi connectivity index (χ1v) is 8.62. The molecule has 4 nitrogen and oxygen atoms in total. The molecule has 0 spiro atoms. The Morgan fingerprint density at radius 3 is 2.35 bits per heavy atom. The lowest BCUT2D eigenvalue weighted by Gasteiger charge is -2.16. The van der Waals surface area contributed by atoms with Gasteiger partial charge in [-0.25, -0.2) is 4.79 Å². The molecule has 0 aliphatic heterocycles. The van der Waals surface area contributed by atoms with Crippen molar-refractivity contribution in [2.75, 3.05) is 0 Å². The number of hydrogen-bond acceptors (Lipinski definition) is 2. The molecule has 2 aromatic carbocycles. The Hall–Kier alpha value is -2.35. The molecular formula is C18H14BrF3N2O2. The van der Waals surface area contributed by atoms with E-state index in [9.17, 15) is 22.8 Å². The standard InChI is InChI=1S/C18H14BrF3N2O2/c1-2-23-14-9-5-8-13(19)15(14)16(25)24(17(23)26)10-11-6-3-4-7-12(11)18(20,21)22/h3-9H,2,10H2,1H3. The van der Waals surface area contributed by atoms with Crippen molar-refractivity contribution in [1.82, 2.24) is 9.13 Å². The molecular weight excluding hydrogens is 413 g/mol. The molecule has 0 unspecified atom stereocenters. The zero-order valence-electron chi connectivity index (χ0n) is 13.7. The van der Waals surface area contributed by atoms with E-state index in [1.54, 1.807) is 25.1 Å². The molecule has 0 fully saturated rings. The highest BCUT2D eigenvalue weighted by atomic mass is 79.9. The average molecular weight is 427 g/mol. The van der Waals surface area contributed by atoms with Gasteiger partial charge in [0.25, 0.3) is 5.56 Å². The van der Waals surface area contributed by atoms with Gasteiger partial charge < -0.3 is 0 Å². The summed E-state index contributed by atoms with van der Waals surface area (Å²) in [5.41, 5.74) is -1.81. The van der Waals surface area contributed by atoms with Crippen LogP contribution >= 0.6 is 15.9 Å². The first-order valence-electron chi connectivity index (χ1n) is 7.82. The highest BCUT2D eigenvalue weighted by molar-refractivity contribution is 9.10. The van der Waals surface area contributed by atoms with Crippen molar-refractivity contribution >= 4 is 26.8 Å². The Morgan fingerprint density at radius 2 is 1.69 bits per heavy atom. The van der Waals surface area contributed by atoms with Crippen LogP contribution in [0.5, 0.6) is 0 Å². The monoisotopic (exact) mass is 426 g/mol. The number of alkyl halides is 3. The van der Waals surface area contributed by atoms with E-state index < -0.39 is 29.5 Å². The van der Waals surface area contributed by atoms with Gasteiger partial charge in [-0.2, -0.15) is 13.2 Å². The summed E-state index contributed by atoms with van der Waals surface area (Å²) in [7, 11) is 0. The molecule has 0 saturated heterocycles. The third kappa shape index (κ3) is 3.09. The van der Waals surface area contributed by atoms with Gasteiger partial charge >= 0.3 is 11.9 Å². The summed E-state index contributed by atoms with van der Waals surface area (Å²) in [5.74, 6) is 0. The minimum absolute atomic E-state index is 0.131. The molecule has 0 saturated carbocycles. The quantitative estimate of drug-likeness (QED) is 0.634. The van der Waals surface area contributed by atoms with Crippen LogP contribution in [0.2, 0.25) is 0 Å². The lowest BCUT2D eigenvalue weighted by atomic mass is 10.1. The maximum absolute atomic E-state index is 13.2. The van der Waals surface area contributed by atoms with Crippen molar-refractivity contribution in [1.29, 1.82) is 0 Å². The second kappa shape index (κ2) is 6.75. The first kappa shape index (κ1) is 18.4. The van der Waals surface area contributed by atoms with E-state index in [4.69, 9.17) is 0 Å². The number of benzene rings is 2. The van der Waals surface area contributed by atoms with Gasteiger partial charge in [-0.3, -0.25) is 13.9 Å². The highest BCUT2D eigenvalue weighted by Crippen LogP contribution is 2.32. The summed E-state index contributed by atoms with van der Waals surface area (Å²) in [6, 6.07) is 9.93. The van der Waals surface area contributed by atoms with E-state index in [0.29, 0.717) is 9.99 Å². The summed E-state index contributed by atoms with van der Waals surface area (Å²) in [6.45, 7) is 1.57. The molecule has 0 atom stereocenters. The molecule has 0 amide bonds. The third-order valence-electron chi connectivity index (χ3n) is 4.17. The average Bonchev–Trinajstić information content (AvgIpc) is 2.58. The van der Waals surface area contributed by atoms with Gasteiger partial charge in [-0.1, -0.05) is 24.3 Å². The van der Waals surface area contributed by atoms with Gasteiger partial charge in [-0.05, 0) is 46.6 Å². The topological polar surface area (TPSA) is 44.0 Å². The molecule has 136 valence electrons. The number of halogens is 4. The van der Waals surface area contributed by atoms with E-state index in [-0.39, 0.29) is 17.5 Å².